The molecular formula is C18H20ClF3N4OSi. The lowest BCUT2D eigenvalue weighted by Gasteiger charge is -2.17. The summed E-state index contributed by atoms with van der Waals surface area (Å²) in [5.74, 6) is 0. The van der Waals surface area contributed by atoms with Gasteiger partial charge in [-0.25, -0.2) is 15.0 Å². The zero-order chi connectivity index (χ0) is 20.5. The molecule has 0 saturated heterocycles. The number of ether oxygens (including phenoxy) is 1. The second-order valence-corrected chi connectivity index (χ2v) is 13.7. The molecule has 5 nitrogen and oxygen atoms in total. The minimum atomic E-state index is -4.55. The van der Waals surface area contributed by atoms with Crippen molar-refractivity contribution in [3.8, 4) is 11.4 Å². The van der Waals surface area contributed by atoms with Gasteiger partial charge in [0.1, 0.15) is 23.9 Å². The van der Waals surface area contributed by atoms with E-state index in [1.54, 1.807) is 22.9 Å². The molecule has 0 aliphatic carbocycles. The van der Waals surface area contributed by atoms with Crippen molar-refractivity contribution in [3.63, 3.8) is 0 Å². The van der Waals surface area contributed by atoms with Gasteiger partial charge in [0.25, 0.3) is 0 Å². The molecule has 0 aliphatic rings. The van der Waals surface area contributed by atoms with Gasteiger partial charge in [0.15, 0.2) is 0 Å². The predicted molar refractivity (Wildman–Crippen MR) is 105 cm³/mol. The van der Waals surface area contributed by atoms with Crippen LogP contribution in [0.1, 0.15) is 5.69 Å². The molecule has 0 amide bonds. The van der Waals surface area contributed by atoms with Crippen LogP contribution in [0, 0.1) is 0 Å². The Bertz CT molecular complexity index is 985. The molecule has 3 aromatic rings. The SMILES string of the molecule is C[Si](C)(C)CCOCn1c(-c2cc(C(F)(F)F)ncn2)cc2cnc(Cl)cc21. The van der Waals surface area contributed by atoms with Gasteiger partial charge in [0.05, 0.1) is 16.9 Å². The van der Waals surface area contributed by atoms with Gasteiger partial charge in [-0.2, -0.15) is 13.2 Å². The van der Waals surface area contributed by atoms with E-state index in [0.29, 0.717) is 17.5 Å². The zero-order valence-electron chi connectivity index (χ0n) is 15.7. The maximum absolute atomic E-state index is 13.1. The summed E-state index contributed by atoms with van der Waals surface area (Å²) in [5, 5.41) is 1.03. The van der Waals surface area contributed by atoms with E-state index in [0.717, 1.165) is 29.3 Å². The summed E-state index contributed by atoms with van der Waals surface area (Å²) in [5.41, 5.74) is 0.365. The predicted octanol–water partition coefficient (Wildman–Crippen LogP) is 5.48. The molecule has 3 rings (SSSR count). The molecule has 28 heavy (non-hydrogen) atoms. The fraction of sp³-hybridized carbons (Fsp3) is 0.389. The number of rotatable bonds is 6. The molecule has 0 saturated carbocycles. The van der Waals surface area contributed by atoms with Gasteiger partial charge in [0, 0.05) is 26.3 Å². The Hall–Kier alpha value is -1.97. The number of alkyl halides is 3. The fourth-order valence-electron chi connectivity index (χ4n) is 2.67. The lowest BCUT2D eigenvalue weighted by molar-refractivity contribution is -0.141. The van der Waals surface area contributed by atoms with E-state index < -0.39 is 19.9 Å². The molecule has 0 radical (unpaired) electrons. The van der Waals surface area contributed by atoms with Crippen molar-refractivity contribution >= 4 is 30.6 Å². The average molecular weight is 429 g/mol. The van der Waals surface area contributed by atoms with Crippen LogP contribution in [-0.2, 0) is 17.6 Å². The van der Waals surface area contributed by atoms with Gasteiger partial charge in [-0.1, -0.05) is 31.2 Å². The van der Waals surface area contributed by atoms with Crippen LogP contribution in [-0.4, -0.2) is 34.2 Å². The van der Waals surface area contributed by atoms with Crippen molar-refractivity contribution in [2.75, 3.05) is 6.61 Å². The highest BCUT2D eigenvalue weighted by atomic mass is 35.5. The minimum absolute atomic E-state index is 0.156. The lowest BCUT2D eigenvalue weighted by atomic mass is 10.2. The van der Waals surface area contributed by atoms with E-state index in [2.05, 4.69) is 34.6 Å². The molecule has 0 aliphatic heterocycles. The third-order valence-electron chi connectivity index (χ3n) is 4.19. The van der Waals surface area contributed by atoms with Gasteiger partial charge >= 0.3 is 6.18 Å². The molecule has 0 spiro atoms. The Morgan fingerprint density at radius 1 is 1.11 bits per heavy atom. The summed E-state index contributed by atoms with van der Waals surface area (Å²) < 4.78 is 46.8. The van der Waals surface area contributed by atoms with Crippen LogP contribution < -0.4 is 0 Å². The number of nitrogens with zero attached hydrogens (tertiary/aromatic N) is 4. The monoisotopic (exact) mass is 428 g/mol. The van der Waals surface area contributed by atoms with E-state index in [-0.39, 0.29) is 12.4 Å². The molecule has 0 unspecified atom stereocenters. The number of pyridine rings is 1. The first-order valence-corrected chi connectivity index (χ1v) is 12.8. The Kier molecular flexibility index (Phi) is 5.78. The molecular weight excluding hydrogens is 409 g/mol. The third-order valence-corrected chi connectivity index (χ3v) is 6.10. The molecule has 0 atom stereocenters. The Morgan fingerprint density at radius 3 is 2.54 bits per heavy atom. The van der Waals surface area contributed by atoms with Gasteiger partial charge in [0.2, 0.25) is 0 Å². The summed E-state index contributed by atoms with van der Waals surface area (Å²) in [4.78, 5) is 11.4. The maximum Gasteiger partial charge on any atom is 0.433 e. The summed E-state index contributed by atoms with van der Waals surface area (Å²) in [6, 6.07) is 5.30. The van der Waals surface area contributed by atoms with Crippen molar-refractivity contribution < 1.29 is 17.9 Å². The second-order valence-electron chi connectivity index (χ2n) is 7.66. The first-order chi connectivity index (χ1) is 13.0. The Labute approximate surface area is 166 Å². The van der Waals surface area contributed by atoms with Crippen molar-refractivity contribution in [1.82, 2.24) is 19.5 Å². The minimum Gasteiger partial charge on any atom is -0.361 e. The summed E-state index contributed by atoms with van der Waals surface area (Å²) >= 11 is 6.02. The summed E-state index contributed by atoms with van der Waals surface area (Å²) in [6.45, 7) is 7.49. The van der Waals surface area contributed by atoms with Crippen LogP contribution in [0.15, 0.2) is 30.7 Å². The van der Waals surface area contributed by atoms with Gasteiger partial charge in [-0.3, -0.25) is 0 Å². The summed E-state index contributed by atoms with van der Waals surface area (Å²) in [7, 11) is -1.26. The van der Waals surface area contributed by atoms with E-state index in [9.17, 15) is 13.2 Å². The number of hydrogen-bond acceptors (Lipinski definition) is 4. The van der Waals surface area contributed by atoms with Gasteiger partial charge in [-0.05, 0) is 24.2 Å². The largest absolute Gasteiger partial charge is 0.433 e. The number of hydrogen-bond donors (Lipinski definition) is 0. The van der Waals surface area contributed by atoms with Crippen LogP contribution in [0.5, 0.6) is 0 Å². The number of halogens is 4. The molecule has 0 N–H and O–H groups in total. The van der Waals surface area contributed by atoms with Gasteiger partial charge < -0.3 is 9.30 Å². The average Bonchev–Trinajstić information content (AvgIpc) is 2.95. The van der Waals surface area contributed by atoms with E-state index >= 15 is 0 Å². The van der Waals surface area contributed by atoms with Crippen LogP contribution in [0.25, 0.3) is 22.3 Å². The van der Waals surface area contributed by atoms with Gasteiger partial charge in [-0.15, -0.1) is 0 Å². The molecule has 3 aromatic heterocycles. The Balaban J connectivity index is 2.00. The van der Waals surface area contributed by atoms with E-state index in [4.69, 9.17) is 16.3 Å². The maximum atomic E-state index is 13.1. The first kappa shape index (κ1) is 20.8. The highest BCUT2D eigenvalue weighted by Crippen LogP contribution is 2.32. The zero-order valence-corrected chi connectivity index (χ0v) is 17.5. The van der Waals surface area contributed by atoms with Crippen molar-refractivity contribution in [2.24, 2.45) is 0 Å². The molecule has 0 aromatic carbocycles. The van der Waals surface area contributed by atoms with Crippen molar-refractivity contribution in [2.45, 2.75) is 38.6 Å². The summed E-state index contributed by atoms with van der Waals surface area (Å²) in [6.07, 6.45) is -2.06. The highest BCUT2D eigenvalue weighted by molar-refractivity contribution is 6.76. The van der Waals surface area contributed by atoms with Crippen LogP contribution in [0.4, 0.5) is 13.2 Å². The topological polar surface area (TPSA) is 52.8 Å². The standard InChI is InChI=1S/C18H20ClF3N4OSi/c1-28(2,3)5-4-27-11-26-14-8-17(19)23-9-12(14)6-15(26)13-7-16(18(20,21)22)25-10-24-13/h6-10H,4-5,11H2,1-3H3. The smallest absolute Gasteiger partial charge is 0.361 e. The lowest BCUT2D eigenvalue weighted by Crippen LogP contribution is -2.22. The molecule has 0 fully saturated rings. The second kappa shape index (κ2) is 7.80. The van der Waals surface area contributed by atoms with Crippen molar-refractivity contribution in [1.29, 1.82) is 0 Å². The molecule has 0 bridgehead atoms. The third kappa shape index (κ3) is 4.89. The molecule has 10 heteroatoms. The number of aromatic nitrogens is 4. The van der Waals surface area contributed by atoms with Crippen molar-refractivity contribution in [3.05, 3.63) is 41.6 Å². The first-order valence-electron chi connectivity index (χ1n) is 8.67. The Morgan fingerprint density at radius 2 is 1.86 bits per heavy atom. The fourth-order valence-corrected chi connectivity index (χ4v) is 3.58. The van der Waals surface area contributed by atoms with Crippen LogP contribution >= 0.6 is 11.6 Å². The number of fused-ring (bicyclic) bond motifs is 1. The van der Waals surface area contributed by atoms with E-state index in [1.165, 1.54) is 0 Å². The van der Waals surface area contributed by atoms with Crippen LogP contribution in [0.3, 0.4) is 0 Å². The van der Waals surface area contributed by atoms with Crippen LogP contribution in [0.2, 0.25) is 30.8 Å². The normalized spacial score (nSPS) is 12.7. The quantitative estimate of drug-likeness (QED) is 0.296. The molecule has 3 heterocycles. The highest BCUT2D eigenvalue weighted by Gasteiger charge is 2.33. The molecule has 150 valence electrons. The van der Waals surface area contributed by atoms with E-state index in [1.807, 2.05) is 0 Å².